The van der Waals surface area contributed by atoms with Gasteiger partial charge in [0.15, 0.2) is 16.8 Å². The van der Waals surface area contributed by atoms with Gasteiger partial charge < -0.3 is 19.4 Å². The Morgan fingerprint density at radius 2 is 1.59 bits per heavy atom. The molecule has 168 valence electrons. The third-order valence-electron chi connectivity index (χ3n) is 4.82. The Labute approximate surface area is 191 Å². The molecule has 0 bridgehead atoms. The van der Waals surface area contributed by atoms with E-state index in [9.17, 15) is 9.59 Å². The van der Waals surface area contributed by atoms with Crippen molar-refractivity contribution in [3.8, 4) is 11.5 Å². The monoisotopic (exact) mass is 454 g/mol. The van der Waals surface area contributed by atoms with E-state index in [1.54, 1.807) is 38.5 Å². The Balaban J connectivity index is 1.54. The minimum atomic E-state index is -0.107. The van der Waals surface area contributed by atoms with Crippen molar-refractivity contribution in [2.45, 2.75) is 31.6 Å². The summed E-state index contributed by atoms with van der Waals surface area (Å²) in [4.78, 5) is 24.8. The summed E-state index contributed by atoms with van der Waals surface area (Å²) in [6.07, 6.45) is 0.266. The first-order valence-corrected chi connectivity index (χ1v) is 11.1. The van der Waals surface area contributed by atoms with E-state index >= 15 is 0 Å². The number of aromatic nitrogens is 3. The van der Waals surface area contributed by atoms with Gasteiger partial charge in [-0.25, -0.2) is 0 Å². The predicted octanol–water partition coefficient (Wildman–Crippen LogP) is 3.15. The molecule has 1 amide bonds. The van der Waals surface area contributed by atoms with Crippen molar-refractivity contribution in [2.24, 2.45) is 0 Å². The molecule has 3 aromatic rings. The van der Waals surface area contributed by atoms with Crippen molar-refractivity contribution < 1.29 is 19.1 Å². The number of carbonyl (C=O) groups excluding carboxylic acids is 2. The minimum absolute atomic E-state index is 0.00218. The zero-order valence-corrected chi connectivity index (χ0v) is 19.1. The van der Waals surface area contributed by atoms with Crippen LogP contribution in [0.2, 0.25) is 0 Å². The second kappa shape index (κ2) is 11.3. The number of hydrogen-bond donors (Lipinski definition) is 1. The van der Waals surface area contributed by atoms with Crippen molar-refractivity contribution >= 4 is 23.5 Å². The summed E-state index contributed by atoms with van der Waals surface area (Å²) in [6, 6.07) is 14.4. The van der Waals surface area contributed by atoms with Crippen LogP contribution < -0.4 is 14.8 Å². The highest BCUT2D eigenvalue weighted by Crippen LogP contribution is 2.20. The van der Waals surface area contributed by atoms with Crippen LogP contribution >= 0.6 is 11.8 Å². The van der Waals surface area contributed by atoms with Crippen molar-refractivity contribution in [1.29, 1.82) is 0 Å². The lowest BCUT2D eigenvalue weighted by molar-refractivity contribution is -0.120. The Bertz CT molecular complexity index is 1050. The highest BCUT2D eigenvalue weighted by Gasteiger charge is 2.15. The largest absolute Gasteiger partial charge is 0.497 e. The van der Waals surface area contributed by atoms with Crippen LogP contribution in [0.5, 0.6) is 11.5 Å². The Kier molecular flexibility index (Phi) is 8.27. The molecule has 0 aliphatic carbocycles. The van der Waals surface area contributed by atoms with Crippen LogP contribution in [0.25, 0.3) is 0 Å². The number of hydrogen-bond acceptors (Lipinski definition) is 7. The molecule has 8 nitrogen and oxygen atoms in total. The summed E-state index contributed by atoms with van der Waals surface area (Å²) in [5.74, 6) is 2.24. The lowest BCUT2D eigenvalue weighted by Gasteiger charge is -2.09. The minimum Gasteiger partial charge on any atom is -0.497 e. The lowest BCUT2D eigenvalue weighted by Crippen LogP contribution is -2.26. The SMILES string of the molecule is CCn1c(CNC(=O)Cc2ccc(OC)cc2)nnc1SCC(=O)c1ccc(OC)cc1. The van der Waals surface area contributed by atoms with E-state index in [0.717, 1.165) is 11.3 Å². The number of benzene rings is 2. The average molecular weight is 455 g/mol. The van der Waals surface area contributed by atoms with E-state index in [1.807, 2.05) is 35.8 Å². The van der Waals surface area contributed by atoms with Gasteiger partial charge >= 0.3 is 0 Å². The molecule has 32 heavy (non-hydrogen) atoms. The Morgan fingerprint density at radius 3 is 2.19 bits per heavy atom. The maximum Gasteiger partial charge on any atom is 0.224 e. The van der Waals surface area contributed by atoms with Crippen LogP contribution in [0.3, 0.4) is 0 Å². The number of nitrogens with zero attached hydrogens (tertiary/aromatic N) is 3. The average Bonchev–Trinajstić information content (AvgIpc) is 3.23. The van der Waals surface area contributed by atoms with Gasteiger partial charge in [-0.2, -0.15) is 0 Å². The highest BCUT2D eigenvalue weighted by atomic mass is 32.2. The number of methoxy groups -OCH3 is 2. The van der Waals surface area contributed by atoms with Gasteiger partial charge in [0.2, 0.25) is 5.91 Å². The molecule has 0 aliphatic heterocycles. The van der Waals surface area contributed by atoms with Gasteiger partial charge in [0.1, 0.15) is 11.5 Å². The zero-order chi connectivity index (χ0) is 22.9. The fourth-order valence-electron chi connectivity index (χ4n) is 3.03. The molecule has 0 saturated heterocycles. The number of nitrogens with one attached hydrogen (secondary N) is 1. The molecule has 3 rings (SSSR count). The first-order valence-electron chi connectivity index (χ1n) is 10.2. The molecule has 2 aromatic carbocycles. The first-order chi connectivity index (χ1) is 15.5. The third kappa shape index (κ3) is 6.10. The predicted molar refractivity (Wildman–Crippen MR) is 122 cm³/mol. The van der Waals surface area contributed by atoms with Crippen LogP contribution in [0.4, 0.5) is 0 Å². The molecule has 0 fully saturated rings. The second-order valence-electron chi connectivity index (χ2n) is 6.88. The molecule has 0 saturated carbocycles. The quantitative estimate of drug-likeness (QED) is 0.351. The van der Waals surface area contributed by atoms with Crippen molar-refractivity contribution in [3.05, 3.63) is 65.5 Å². The molecule has 1 heterocycles. The van der Waals surface area contributed by atoms with Crippen LogP contribution in [-0.2, 0) is 24.3 Å². The highest BCUT2D eigenvalue weighted by molar-refractivity contribution is 7.99. The summed E-state index contributed by atoms with van der Waals surface area (Å²) < 4.78 is 12.2. The smallest absolute Gasteiger partial charge is 0.224 e. The molecule has 0 unspecified atom stereocenters. The van der Waals surface area contributed by atoms with Crippen molar-refractivity contribution in [1.82, 2.24) is 20.1 Å². The van der Waals surface area contributed by atoms with Gasteiger partial charge in [0.05, 0.1) is 32.9 Å². The van der Waals surface area contributed by atoms with Gasteiger partial charge in [-0.1, -0.05) is 23.9 Å². The summed E-state index contributed by atoms with van der Waals surface area (Å²) in [5, 5.41) is 11.9. The normalized spacial score (nSPS) is 10.6. The standard InChI is InChI=1S/C23H26N4O4S/c1-4-27-21(14-24-22(29)13-16-5-9-18(30-2)10-6-16)25-26-23(27)32-15-20(28)17-7-11-19(31-3)12-8-17/h5-12H,4,13-15H2,1-3H3,(H,24,29). The van der Waals surface area contributed by atoms with E-state index in [0.29, 0.717) is 28.8 Å². The summed E-state index contributed by atoms with van der Waals surface area (Å²) in [5.41, 5.74) is 1.51. The molecule has 0 spiro atoms. The number of thioether (sulfide) groups is 1. The molecule has 9 heteroatoms. The van der Waals surface area contributed by atoms with Crippen molar-refractivity contribution in [2.75, 3.05) is 20.0 Å². The molecule has 0 aliphatic rings. The van der Waals surface area contributed by atoms with E-state index in [2.05, 4.69) is 15.5 Å². The number of ether oxygens (including phenoxy) is 2. The zero-order valence-electron chi connectivity index (χ0n) is 18.3. The summed E-state index contributed by atoms with van der Waals surface area (Å²) in [6.45, 7) is 2.87. The summed E-state index contributed by atoms with van der Waals surface area (Å²) in [7, 11) is 3.19. The van der Waals surface area contributed by atoms with E-state index in [4.69, 9.17) is 9.47 Å². The fraction of sp³-hybridized carbons (Fsp3) is 0.304. The Hall–Kier alpha value is -3.33. The van der Waals surface area contributed by atoms with Gasteiger partial charge in [0, 0.05) is 12.1 Å². The molecule has 1 N–H and O–H groups in total. The number of ketones is 1. The van der Waals surface area contributed by atoms with Gasteiger partial charge in [0.25, 0.3) is 0 Å². The van der Waals surface area contributed by atoms with Gasteiger partial charge in [-0.05, 0) is 48.9 Å². The number of carbonyl (C=O) groups is 2. The molecular formula is C23H26N4O4S. The van der Waals surface area contributed by atoms with E-state index in [1.165, 1.54) is 11.8 Å². The molecular weight excluding hydrogens is 428 g/mol. The van der Waals surface area contributed by atoms with Gasteiger partial charge in [-0.15, -0.1) is 10.2 Å². The summed E-state index contributed by atoms with van der Waals surface area (Å²) >= 11 is 1.33. The van der Waals surface area contributed by atoms with Crippen LogP contribution in [0, 0.1) is 0 Å². The van der Waals surface area contributed by atoms with Crippen molar-refractivity contribution in [3.63, 3.8) is 0 Å². The number of Topliss-reactive ketones (excluding diaryl/α,β-unsaturated/α-hetero) is 1. The lowest BCUT2D eigenvalue weighted by atomic mass is 10.1. The van der Waals surface area contributed by atoms with Crippen LogP contribution in [0.1, 0.15) is 28.7 Å². The second-order valence-corrected chi connectivity index (χ2v) is 7.83. The fourth-order valence-corrected chi connectivity index (χ4v) is 3.95. The van der Waals surface area contributed by atoms with Crippen LogP contribution in [-0.4, -0.2) is 46.4 Å². The van der Waals surface area contributed by atoms with Crippen LogP contribution in [0.15, 0.2) is 53.7 Å². The molecule has 1 aromatic heterocycles. The number of rotatable bonds is 11. The van der Waals surface area contributed by atoms with E-state index in [-0.39, 0.29) is 30.4 Å². The molecule has 0 radical (unpaired) electrons. The number of amides is 1. The molecule has 0 atom stereocenters. The first kappa shape index (κ1) is 23.3. The maximum atomic E-state index is 12.5. The van der Waals surface area contributed by atoms with E-state index < -0.39 is 0 Å². The topological polar surface area (TPSA) is 95.3 Å². The third-order valence-corrected chi connectivity index (χ3v) is 5.79. The maximum absolute atomic E-state index is 12.5. The Morgan fingerprint density at radius 1 is 0.969 bits per heavy atom. The van der Waals surface area contributed by atoms with Gasteiger partial charge in [-0.3, -0.25) is 9.59 Å².